The van der Waals surface area contributed by atoms with Gasteiger partial charge in [0.1, 0.15) is 0 Å². The van der Waals surface area contributed by atoms with Crippen LogP contribution in [0.2, 0.25) is 0 Å². The van der Waals surface area contributed by atoms with Gasteiger partial charge in [0, 0.05) is 35.9 Å². The molecule has 1 aliphatic rings. The van der Waals surface area contributed by atoms with Crippen LogP contribution in [0.4, 0.5) is 0 Å². The molecular weight excluding hydrogens is 312 g/mol. The number of nitrogens with zero attached hydrogens (tertiary/aromatic N) is 1. The van der Waals surface area contributed by atoms with E-state index in [1.165, 1.54) is 5.56 Å². The largest absolute Gasteiger partial charge is 0.379 e. The second kappa shape index (κ2) is 6.71. The van der Waals surface area contributed by atoms with Crippen molar-refractivity contribution in [2.45, 2.75) is 6.54 Å². The lowest BCUT2D eigenvalue weighted by molar-refractivity contribution is 0.0342. The SMILES string of the molecule is Cl.O=c1[nH]c2cc(CN3CCOCC3)ccc2c2ccccc12. The fourth-order valence-electron chi connectivity index (χ4n) is 3.15. The number of hydrogen-bond acceptors (Lipinski definition) is 3. The molecule has 2 heterocycles. The van der Waals surface area contributed by atoms with E-state index in [1.807, 2.05) is 24.3 Å². The maximum Gasteiger partial charge on any atom is 0.256 e. The molecule has 0 aliphatic carbocycles. The Morgan fingerprint density at radius 2 is 1.74 bits per heavy atom. The Bertz CT molecular complexity index is 885. The van der Waals surface area contributed by atoms with Crippen LogP contribution in [0.15, 0.2) is 47.3 Å². The smallest absolute Gasteiger partial charge is 0.256 e. The number of halogens is 1. The quantitative estimate of drug-likeness (QED) is 0.735. The Morgan fingerprint density at radius 1 is 1.00 bits per heavy atom. The summed E-state index contributed by atoms with van der Waals surface area (Å²) in [6.07, 6.45) is 0. The Hall–Kier alpha value is -1.88. The molecule has 1 saturated heterocycles. The van der Waals surface area contributed by atoms with E-state index in [-0.39, 0.29) is 18.0 Å². The van der Waals surface area contributed by atoms with Gasteiger partial charge >= 0.3 is 0 Å². The van der Waals surface area contributed by atoms with Crippen LogP contribution in [-0.2, 0) is 11.3 Å². The third-order valence-corrected chi connectivity index (χ3v) is 4.30. The third-order valence-electron chi connectivity index (χ3n) is 4.30. The summed E-state index contributed by atoms with van der Waals surface area (Å²) >= 11 is 0. The predicted molar refractivity (Wildman–Crippen MR) is 95.4 cm³/mol. The maximum atomic E-state index is 12.2. The molecule has 0 saturated carbocycles. The van der Waals surface area contributed by atoms with Gasteiger partial charge in [-0.15, -0.1) is 12.4 Å². The predicted octanol–water partition coefficient (Wildman–Crippen LogP) is 2.94. The molecule has 120 valence electrons. The van der Waals surface area contributed by atoms with Crippen molar-refractivity contribution >= 4 is 34.1 Å². The molecule has 0 unspecified atom stereocenters. The monoisotopic (exact) mass is 330 g/mol. The van der Waals surface area contributed by atoms with Crippen LogP contribution < -0.4 is 5.56 Å². The Labute approximate surface area is 140 Å². The van der Waals surface area contributed by atoms with E-state index < -0.39 is 0 Å². The Morgan fingerprint density at radius 3 is 2.52 bits per heavy atom. The summed E-state index contributed by atoms with van der Waals surface area (Å²) in [4.78, 5) is 17.6. The molecule has 1 fully saturated rings. The van der Waals surface area contributed by atoms with Gasteiger partial charge in [0.2, 0.25) is 0 Å². The van der Waals surface area contributed by atoms with Gasteiger partial charge in [0.25, 0.3) is 5.56 Å². The van der Waals surface area contributed by atoms with Crippen LogP contribution in [0.1, 0.15) is 5.56 Å². The number of H-pyrrole nitrogens is 1. The van der Waals surface area contributed by atoms with Crippen LogP contribution in [0.3, 0.4) is 0 Å². The topological polar surface area (TPSA) is 45.3 Å². The summed E-state index contributed by atoms with van der Waals surface area (Å²) in [5.74, 6) is 0. The summed E-state index contributed by atoms with van der Waals surface area (Å²) in [6.45, 7) is 4.43. The standard InChI is InChI=1S/C18H18N2O2.ClH/c21-18-16-4-2-1-3-14(16)15-6-5-13(11-17(15)19-18)12-20-7-9-22-10-8-20;/h1-6,11H,7-10,12H2,(H,19,21);1H. The van der Waals surface area contributed by atoms with Gasteiger partial charge in [-0.2, -0.15) is 0 Å². The highest BCUT2D eigenvalue weighted by atomic mass is 35.5. The summed E-state index contributed by atoms with van der Waals surface area (Å²) in [7, 11) is 0. The fourth-order valence-corrected chi connectivity index (χ4v) is 3.15. The van der Waals surface area contributed by atoms with Crippen molar-refractivity contribution in [1.29, 1.82) is 0 Å². The molecule has 3 aromatic rings. The molecule has 4 nitrogen and oxygen atoms in total. The van der Waals surface area contributed by atoms with Gasteiger partial charge in [-0.25, -0.2) is 0 Å². The van der Waals surface area contributed by atoms with Gasteiger partial charge in [0.05, 0.1) is 13.2 Å². The molecule has 0 radical (unpaired) electrons. The van der Waals surface area contributed by atoms with E-state index in [4.69, 9.17) is 4.74 Å². The molecule has 1 aliphatic heterocycles. The van der Waals surface area contributed by atoms with Crippen molar-refractivity contribution in [3.63, 3.8) is 0 Å². The van der Waals surface area contributed by atoms with E-state index in [0.29, 0.717) is 0 Å². The first-order chi connectivity index (χ1) is 10.8. The van der Waals surface area contributed by atoms with Gasteiger partial charge in [-0.1, -0.05) is 30.3 Å². The van der Waals surface area contributed by atoms with Crippen LogP contribution >= 0.6 is 12.4 Å². The van der Waals surface area contributed by atoms with Crippen molar-refractivity contribution in [3.05, 3.63) is 58.4 Å². The van der Waals surface area contributed by atoms with E-state index in [0.717, 1.165) is 54.5 Å². The first-order valence-corrected chi connectivity index (χ1v) is 7.65. The van der Waals surface area contributed by atoms with E-state index in [2.05, 4.69) is 28.1 Å². The number of aromatic nitrogens is 1. The Balaban J connectivity index is 0.00000156. The highest BCUT2D eigenvalue weighted by molar-refractivity contribution is 6.05. The molecule has 0 spiro atoms. The third kappa shape index (κ3) is 3.11. The number of nitrogens with one attached hydrogen (secondary N) is 1. The summed E-state index contributed by atoms with van der Waals surface area (Å²) in [5.41, 5.74) is 2.11. The zero-order chi connectivity index (χ0) is 14.9. The van der Waals surface area contributed by atoms with Crippen LogP contribution in [-0.4, -0.2) is 36.2 Å². The van der Waals surface area contributed by atoms with Crippen LogP contribution in [0, 0.1) is 0 Å². The zero-order valence-electron chi connectivity index (χ0n) is 12.7. The Kier molecular flexibility index (Phi) is 4.66. The van der Waals surface area contributed by atoms with Gasteiger partial charge in [0.15, 0.2) is 0 Å². The van der Waals surface area contributed by atoms with Crippen molar-refractivity contribution in [2.75, 3.05) is 26.3 Å². The number of rotatable bonds is 2. The molecule has 4 rings (SSSR count). The first kappa shape index (κ1) is 16.0. The van der Waals surface area contributed by atoms with E-state index >= 15 is 0 Å². The summed E-state index contributed by atoms with van der Waals surface area (Å²) in [6, 6.07) is 14.1. The molecule has 1 aromatic heterocycles. The molecule has 23 heavy (non-hydrogen) atoms. The minimum absolute atomic E-state index is 0. The van der Waals surface area contributed by atoms with Crippen molar-refractivity contribution in [2.24, 2.45) is 0 Å². The number of aromatic amines is 1. The lowest BCUT2D eigenvalue weighted by atomic mass is 10.0. The highest BCUT2D eigenvalue weighted by Gasteiger charge is 2.11. The van der Waals surface area contributed by atoms with Crippen LogP contribution in [0.25, 0.3) is 21.7 Å². The number of hydrogen-bond donors (Lipinski definition) is 1. The molecular formula is C18H19ClN2O2. The van der Waals surface area contributed by atoms with Gasteiger partial charge in [-0.3, -0.25) is 9.69 Å². The zero-order valence-corrected chi connectivity index (χ0v) is 13.6. The molecule has 0 amide bonds. The molecule has 0 atom stereocenters. The first-order valence-electron chi connectivity index (χ1n) is 7.65. The van der Waals surface area contributed by atoms with E-state index in [9.17, 15) is 4.79 Å². The average Bonchev–Trinajstić information content (AvgIpc) is 2.56. The average molecular weight is 331 g/mol. The summed E-state index contributed by atoms with van der Waals surface area (Å²) in [5, 5.41) is 2.86. The number of morpholine rings is 1. The molecule has 0 bridgehead atoms. The minimum Gasteiger partial charge on any atom is -0.379 e. The molecule has 1 N–H and O–H groups in total. The molecule has 5 heteroatoms. The lowest BCUT2D eigenvalue weighted by Crippen LogP contribution is -2.35. The van der Waals surface area contributed by atoms with E-state index in [1.54, 1.807) is 0 Å². The number of ether oxygens (including phenoxy) is 1. The highest BCUT2D eigenvalue weighted by Crippen LogP contribution is 2.22. The lowest BCUT2D eigenvalue weighted by Gasteiger charge is -2.26. The van der Waals surface area contributed by atoms with Crippen molar-refractivity contribution in [1.82, 2.24) is 9.88 Å². The number of benzene rings is 2. The van der Waals surface area contributed by atoms with Crippen LogP contribution in [0.5, 0.6) is 0 Å². The summed E-state index contributed by atoms with van der Waals surface area (Å²) < 4.78 is 5.38. The maximum absolute atomic E-state index is 12.2. The minimum atomic E-state index is -0.0216. The number of pyridine rings is 1. The van der Waals surface area contributed by atoms with Gasteiger partial charge < -0.3 is 9.72 Å². The second-order valence-corrected chi connectivity index (χ2v) is 5.77. The van der Waals surface area contributed by atoms with Gasteiger partial charge in [-0.05, 0) is 23.1 Å². The normalized spacial score (nSPS) is 15.7. The van der Waals surface area contributed by atoms with Crippen molar-refractivity contribution in [3.8, 4) is 0 Å². The molecule has 2 aromatic carbocycles. The number of fused-ring (bicyclic) bond motifs is 3. The van der Waals surface area contributed by atoms with Crippen molar-refractivity contribution < 1.29 is 4.74 Å². The second-order valence-electron chi connectivity index (χ2n) is 5.77. The fraction of sp³-hybridized carbons (Fsp3) is 0.278.